The Morgan fingerprint density at radius 2 is 1.75 bits per heavy atom. The summed E-state index contributed by atoms with van der Waals surface area (Å²) in [5.41, 5.74) is 2.58. The highest BCUT2D eigenvalue weighted by molar-refractivity contribution is 7.90. The van der Waals surface area contributed by atoms with E-state index in [9.17, 15) is 18.0 Å². The maximum Gasteiger partial charge on any atom is 0.409 e. The molecule has 1 saturated heterocycles. The maximum absolute atomic E-state index is 13.2. The number of benzene rings is 2. The smallest absolute Gasteiger partial charge is 0.409 e. The highest BCUT2D eigenvalue weighted by Crippen LogP contribution is 2.29. The van der Waals surface area contributed by atoms with Crippen molar-refractivity contribution in [2.45, 2.75) is 18.7 Å². The van der Waals surface area contributed by atoms with Crippen LogP contribution in [0.3, 0.4) is 0 Å². The van der Waals surface area contributed by atoms with Crippen molar-refractivity contribution in [2.75, 3.05) is 37.7 Å². The molecule has 0 spiro atoms. The molecule has 8 nitrogen and oxygen atoms in total. The highest BCUT2D eigenvalue weighted by atomic mass is 32.2. The number of nitrogens with zero attached hydrogens (tertiary/aromatic N) is 3. The largest absolute Gasteiger partial charge is 0.450 e. The summed E-state index contributed by atoms with van der Waals surface area (Å²) in [6, 6.07) is 12.0. The molecule has 0 aliphatic carbocycles. The van der Waals surface area contributed by atoms with Gasteiger partial charge in [-0.1, -0.05) is 17.7 Å². The third kappa shape index (κ3) is 3.95. The second-order valence-corrected chi connectivity index (χ2v) is 9.51. The summed E-state index contributed by atoms with van der Waals surface area (Å²) < 4.78 is 32.7. The molecule has 4 rings (SSSR count). The van der Waals surface area contributed by atoms with Crippen LogP contribution in [-0.4, -0.2) is 62.5 Å². The monoisotopic (exact) mass is 455 g/mol. The Hall–Kier alpha value is -3.33. The minimum absolute atomic E-state index is 0.164. The van der Waals surface area contributed by atoms with E-state index in [0.29, 0.717) is 55.5 Å². The zero-order valence-electron chi connectivity index (χ0n) is 18.0. The fourth-order valence-corrected chi connectivity index (χ4v) is 5.27. The molecule has 0 saturated carbocycles. The first-order chi connectivity index (χ1) is 15.3. The van der Waals surface area contributed by atoms with E-state index in [1.54, 1.807) is 42.2 Å². The van der Waals surface area contributed by atoms with Crippen LogP contribution in [0.4, 0.5) is 10.5 Å². The Balaban J connectivity index is 1.65. The van der Waals surface area contributed by atoms with Crippen molar-refractivity contribution in [3.05, 3.63) is 59.8 Å². The number of piperazine rings is 1. The van der Waals surface area contributed by atoms with Gasteiger partial charge in [0.2, 0.25) is 0 Å². The predicted molar refractivity (Wildman–Crippen MR) is 122 cm³/mol. The van der Waals surface area contributed by atoms with Crippen molar-refractivity contribution in [1.82, 2.24) is 8.87 Å². The molecule has 32 heavy (non-hydrogen) atoms. The van der Waals surface area contributed by atoms with Crippen molar-refractivity contribution < 1.29 is 22.7 Å². The number of aryl methyl sites for hydroxylation is 1. The quantitative estimate of drug-likeness (QED) is 0.549. The standard InChI is InChI=1S/C23H25N3O5S/c1-3-31-23(28)25-12-10-24(11-13-25)19-6-9-22-21(14-19)18(16-27)15-26(22)32(29,30)20-7-4-17(2)5-8-20/h4-9,14-16H,3,10-13H2,1-2H3. The van der Waals surface area contributed by atoms with Gasteiger partial charge in [0.15, 0.2) is 6.29 Å². The van der Waals surface area contributed by atoms with Crippen molar-refractivity contribution in [1.29, 1.82) is 0 Å². The average molecular weight is 456 g/mol. The van der Waals surface area contributed by atoms with Gasteiger partial charge in [0.1, 0.15) is 0 Å². The van der Waals surface area contributed by atoms with Gasteiger partial charge >= 0.3 is 6.09 Å². The summed E-state index contributed by atoms with van der Waals surface area (Å²) in [7, 11) is -3.85. The van der Waals surface area contributed by atoms with Gasteiger partial charge in [-0.2, -0.15) is 0 Å². The topological polar surface area (TPSA) is 88.9 Å². The summed E-state index contributed by atoms with van der Waals surface area (Å²) in [5, 5.41) is 0.570. The normalized spacial score (nSPS) is 14.6. The lowest BCUT2D eigenvalue weighted by Gasteiger charge is -2.35. The van der Waals surface area contributed by atoms with Crippen LogP contribution in [0.15, 0.2) is 53.6 Å². The molecule has 1 aromatic heterocycles. The van der Waals surface area contributed by atoms with E-state index in [2.05, 4.69) is 4.90 Å². The lowest BCUT2D eigenvalue weighted by molar-refractivity contribution is 0.105. The molecule has 3 aromatic rings. The number of aldehydes is 1. The number of carbonyl (C=O) groups excluding carboxylic acids is 2. The summed E-state index contributed by atoms with van der Waals surface area (Å²) in [4.78, 5) is 27.6. The van der Waals surface area contributed by atoms with E-state index in [-0.39, 0.29) is 11.0 Å². The van der Waals surface area contributed by atoms with Crippen LogP contribution >= 0.6 is 0 Å². The number of amides is 1. The fourth-order valence-electron chi connectivity index (χ4n) is 3.89. The molecule has 168 valence electrons. The van der Waals surface area contributed by atoms with Crippen molar-refractivity contribution >= 4 is 39.0 Å². The SMILES string of the molecule is CCOC(=O)N1CCN(c2ccc3c(c2)c(C=O)cn3S(=O)(=O)c2ccc(C)cc2)CC1. The number of ether oxygens (including phenoxy) is 1. The van der Waals surface area contributed by atoms with Crippen LogP contribution in [0.25, 0.3) is 10.9 Å². The predicted octanol–water partition coefficient (Wildman–Crippen LogP) is 3.28. The van der Waals surface area contributed by atoms with Crippen molar-refractivity contribution in [2.24, 2.45) is 0 Å². The average Bonchev–Trinajstić information content (AvgIpc) is 3.18. The highest BCUT2D eigenvalue weighted by Gasteiger charge is 2.24. The first-order valence-electron chi connectivity index (χ1n) is 10.4. The number of hydrogen-bond acceptors (Lipinski definition) is 6. The van der Waals surface area contributed by atoms with E-state index >= 15 is 0 Å². The van der Waals surface area contributed by atoms with E-state index in [4.69, 9.17) is 4.74 Å². The molecule has 1 fully saturated rings. The number of carbonyl (C=O) groups is 2. The lowest BCUT2D eigenvalue weighted by Crippen LogP contribution is -2.49. The maximum atomic E-state index is 13.2. The van der Waals surface area contributed by atoms with Gasteiger partial charge in [-0.15, -0.1) is 0 Å². The van der Waals surface area contributed by atoms with Crippen LogP contribution < -0.4 is 4.90 Å². The number of fused-ring (bicyclic) bond motifs is 1. The second kappa shape index (κ2) is 8.66. The van der Waals surface area contributed by atoms with Gasteiger partial charge in [-0.05, 0) is 44.2 Å². The van der Waals surface area contributed by atoms with E-state index < -0.39 is 10.0 Å². The van der Waals surface area contributed by atoms with Gasteiger partial charge in [0, 0.05) is 49.0 Å². The Labute approximate surface area is 187 Å². The van der Waals surface area contributed by atoms with Gasteiger partial charge in [0.25, 0.3) is 10.0 Å². The minimum atomic E-state index is -3.85. The third-order valence-electron chi connectivity index (χ3n) is 5.66. The van der Waals surface area contributed by atoms with Gasteiger partial charge in [-0.25, -0.2) is 17.2 Å². The summed E-state index contributed by atoms with van der Waals surface area (Å²) in [5.74, 6) is 0. The summed E-state index contributed by atoms with van der Waals surface area (Å²) in [6.45, 7) is 6.29. The Morgan fingerprint density at radius 3 is 2.38 bits per heavy atom. The molecule has 9 heteroatoms. The van der Waals surface area contributed by atoms with Crippen LogP contribution in [0.5, 0.6) is 0 Å². The molecule has 0 radical (unpaired) electrons. The van der Waals surface area contributed by atoms with Crippen LogP contribution in [0, 0.1) is 6.92 Å². The fraction of sp³-hybridized carbons (Fsp3) is 0.304. The molecule has 1 aliphatic rings. The molecular formula is C23H25N3O5S. The molecule has 0 unspecified atom stereocenters. The van der Waals surface area contributed by atoms with Gasteiger partial charge in [0.05, 0.1) is 17.0 Å². The first-order valence-corrected chi connectivity index (χ1v) is 11.9. The second-order valence-electron chi connectivity index (χ2n) is 7.69. The molecule has 1 amide bonds. The zero-order valence-corrected chi connectivity index (χ0v) is 18.8. The Morgan fingerprint density at radius 1 is 1.06 bits per heavy atom. The van der Waals surface area contributed by atoms with Crippen molar-refractivity contribution in [3.63, 3.8) is 0 Å². The van der Waals surface area contributed by atoms with Crippen molar-refractivity contribution in [3.8, 4) is 0 Å². The Kier molecular flexibility index (Phi) is 5.92. The lowest BCUT2D eigenvalue weighted by atomic mass is 10.1. The number of aromatic nitrogens is 1. The minimum Gasteiger partial charge on any atom is -0.450 e. The first kappa shape index (κ1) is 21.9. The number of rotatable bonds is 5. The summed E-state index contributed by atoms with van der Waals surface area (Å²) >= 11 is 0. The Bertz CT molecular complexity index is 1260. The van der Waals surface area contributed by atoms with E-state index in [0.717, 1.165) is 11.3 Å². The van der Waals surface area contributed by atoms with Crippen LogP contribution in [0.1, 0.15) is 22.8 Å². The number of anilines is 1. The summed E-state index contributed by atoms with van der Waals surface area (Å²) in [6.07, 6.45) is 1.73. The van der Waals surface area contributed by atoms with E-state index in [1.165, 1.54) is 10.2 Å². The molecule has 2 heterocycles. The van der Waals surface area contributed by atoms with Gasteiger partial charge < -0.3 is 14.5 Å². The van der Waals surface area contributed by atoms with Crippen LogP contribution in [-0.2, 0) is 14.8 Å². The zero-order chi connectivity index (χ0) is 22.9. The molecule has 0 atom stereocenters. The van der Waals surface area contributed by atoms with E-state index in [1.807, 2.05) is 19.1 Å². The van der Waals surface area contributed by atoms with Gasteiger partial charge in [-0.3, -0.25) is 4.79 Å². The number of hydrogen-bond donors (Lipinski definition) is 0. The molecule has 1 aliphatic heterocycles. The molecule has 0 bridgehead atoms. The molecule has 2 aromatic carbocycles. The van der Waals surface area contributed by atoms with Crippen LogP contribution in [0.2, 0.25) is 0 Å². The molecule has 0 N–H and O–H groups in total. The molecular weight excluding hydrogens is 430 g/mol. The third-order valence-corrected chi connectivity index (χ3v) is 7.35.